The molecule has 0 unspecified atom stereocenters. The first-order valence-electron chi connectivity index (χ1n) is 7.92. The van der Waals surface area contributed by atoms with Crippen LogP contribution in [0, 0.1) is 10.8 Å². The molecule has 0 nitrogen and oxygen atoms in total. The van der Waals surface area contributed by atoms with Gasteiger partial charge in [0.1, 0.15) is 0 Å². The van der Waals surface area contributed by atoms with Crippen LogP contribution in [0.25, 0.3) is 0 Å². The van der Waals surface area contributed by atoms with Gasteiger partial charge in [-0.3, -0.25) is 0 Å². The SMILES string of the molecule is CC1=CCCC2=C1CC1=C(CCC(C)(C)C1)C2(C)C. The zero-order chi connectivity index (χ0) is 13.8. The van der Waals surface area contributed by atoms with Gasteiger partial charge in [0.25, 0.3) is 0 Å². The van der Waals surface area contributed by atoms with Gasteiger partial charge in [0.05, 0.1) is 0 Å². The lowest BCUT2D eigenvalue weighted by atomic mass is 9.59. The molecule has 0 aliphatic heterocycles. The van der Waals surface area contributed by atoms with E-state index in [-0.39, 0.29) is 0 Å². The van der Waals surface area contributed by atoms with Gasteiger partial charge in [-0.1, -0.05) is 56.1 Å². The van der Waals surface area contributed by atoms with Crippen LogP contribution in [0.3, 0.4) is 0 Å². The highest BCUT2D eigenvalue weighted by Crippen LogP contribution is 2.55. The van der Waals surface area contributed by atoms with Gasteiger partial charge in [0.15, 0.2) is 0 Å². The maximum atomic E-state index is 2.48. The highest BCUT2D eigenvalue weighted by molar-refractivity contribution is 5.51. The normalized spacial score (nSPS) is 28.8. The van der Waals surface area contributed by atoms with E-state index < -0.39 is 0 Å². The molecule has 3 aliphatic rings. The summed E-state index contributed by atoms with van der Waals surface area (Å²) in [5, 5.41) is 0. The van der Waals surface area contributed by atoms with Crippen molar-refractivity contribution in [3.05, 3.63) is 33.9 Å². The average molecular weight is 256 g/mol. The molecule has 3 rings (SSSR count). The van der Waals surface area contributed by atoms with Crippen LogP contribution in [0.15, 0.2) is 33.9 Å². The number of hydrogen-bond donors (Lipinski definition) is 0. The minimum Gasteiger partial charge on any atom is -0.0810 e. The lowest BCUT2D eigenvalue weighted by Gasteiger charge is -2.46. The van der Waals surface area contributed by atoms with Crippen LogP contribution >= 0.6 is 0 Å². The molecule has 0 bridgehead atoms. The van der Waals surface area contributed by atoms with Gasteiger partial charge in [-0.25, -0.2) is 0 Å². The van der Waals surface area contributed by atoms with Gasteiger partial charge in [0, 0.05) is 5.41 Å². The predicted octanol–water partition coefficient (Wildman–Crippen LogP) is 5.96. The Balaban J connectivity index is 2.05. The molecule has 0 saturated heterocycles. The third kappa shape index (κ3) is 2.04. The van der Waals surface area contributed by atoms with Crippen LogP contribution in [-0.2, 0) is 0 Å². The van der Waals surface area contributed by atoms with E-state index in [4.69, 9.17) is 0 Å². The average Bonchev–Trinajstić information content (AvgIpc) is 2.29. The summed E-state index contributed by atoms with van der Waals surface area (Å²) in [6.45, 7) is 12.2. The van der Waals surface area contributed by atoms with E-state index in [9.17, 15) is 0 Å². The standard InChI is InChI=1S/C19H28/c1-13-7-6-8-17-15(13)11-14-12-18(2,3)10-9-16(14)19(17,4)5/h7H,6,8-12H2,1-5H3. The van der Waals surface area contributed by atoms with Crippen molar-refractivity contribution in [2.24, 2.45) is 10.8 Å². The minimum absolute atomic E-state index is 0.328. The Morgan fingerprint density at radius 2 is 1.74 bits per heavy atom. The molecule has 19 heavy (non-hydrogen) atoms. The first-order chi connectivity index (χ1) is 8.81. The van der Waals surface area contributed by atoms with E-state index in [0.717, 1.165) is 0 Å². The van der Waals surface area contributed by atoms with Crippen molar-refractivity contribution in [2.75, 3.05) is 0 Å². The Labute approximate surface area is 118 Å². The van der Waals surface area contributed by atoms with Crippen LogP contribution in [0.4, 0.5) is 0 Å². The van der Waals surface area contributed by atoms with Gasteiger partial charge >= 0.3 is 0 Å². The van der Waals surface area contributed by atoms with Gasteiger partial charge in [-0.05, 0) is 56.4 Å². The van der Waals surface area contributed by atoms with E-state index in [1.165, 1.54) is 38.5 Å². The molecule has 3 aliphatic carbocycles. The maximum Gasteiger partial charge on any atom is 0.00729 e. The van der Waals surface area contributed by atoms with Gasteiger partial charge in [0.2, 0.25) is 0 Å². The molecule has 0 atom stereocenters. The molecule has 0 heteroatoms. The summed E-state index contributed by atoms with van der Waals surface area (Å²) in [5.41, 5.74) is 9.41. The van der Waals surface area contributed by atoms with E-state index >= 15 is 0 Å². The van der Waals surface area contributed by atoms with Crippen LogP contribution in [0.2, 0.25) is 0 Å². The summed E-state index contributed by atoms with van der Waals surface area (Å²) in [7, 11) is 0. The molecule has 0 aromatic heterocycles. The molecule has 0 heterocycles. The fourth-order valence-electron chi connectivity index (χ4n) is 4.61. The first kappa shape index (κ1) is 13.2. The quantitative estimate of drug-likeness (QED) is 0.469. The highest BCUT2D eigenvalue weighted by Gasteiger charge is 2.40. The number of hydrogen-bond acceptors (Lipinski definition) is 0. The smallest absolute Gasteiger partial charge is 0.00729 e. The molecule has 104 valence electrons. The van der Waals surface area contributed by atoms with Crippen molar-refractivity contribution >= 4 is 0 Å². The van der Waals surface area contributed by atoms with Crippen molar-refractivity contribution in [3.63, 3.8) is 0 Å². The molecule has 0 radical (unpaired) electrons. The Kier molecular flexibility index (Phi) is 2.86. The van der Waals surface area contributed by atoms with Crippen LogP contribution in [0.5, 0.6) is 0 Å². The summed E-state index contributed by atoms with van der Waals surface area (Å²) in [6, 6.07) is 0. The van der Waals surface area contributed by atoms with Crippen molar-refractivity contribution in [1.82, 2.24) is 0 Å². The molecule has 0 aromatic rings. The molecule has 0 N–H and O–H groups in total. The van der Waals surface area contributed by atoms with E-state index in [2.05, 4.69) is 40.7 Å². The zero-order valence-corrected chi connectivity index (χ0v) is 13.3. The van der Waals surface area contributed by atoms with Gasteiger partial charge < -0.3 is 0 Å². The predicted molar refractivity (Wildman–Crippen MR) is 83.1 cm³/mol. The molecule has 0 fully saturated rings. The summed E-state index contributed by atoms with van der Waals surface area (Å²) >= 11 is 0. The van der Waals surface area contributed by atoms with Crippen LogP contribution in [0.1, 0.15) is 73.1 Å². The molecular formula is C19H28. The highest BCUT2D eigenvalue weighted by atomic mass is 14.4. The lowest BCUT2D eigenvalue weighted by molar-refractivity contribution is 0.285. The summed E-state index contributed by atoms with van der Waals surface area (Å²) in [6.07, 6.45) is 10.3. The lowest BCUT2D eigenvalue weighted by Crippen LogP contribution is -2.31. The largest absolute Gasteiger partial charge is 0.0810 e. The van der Waals surface area contributed by atoms with Crippen molar-refractivity contribution in [3.8, 4) is 0 Å². The fourth-order valence-corrected chi connectivity index (χ4v) is 4.61. The monoisotopic (exact) mass is 256 g/mol. The van der Waals surface area contributed by atoms with Crippen molar-refractivity contribution < 1.29 is 0 Å². The summed E-state index contributed by atoms with van der Waals surface area (Å²) in [5.74, 6) is 0. The molecule has 0 amide bonds. The second kappa shape index (κ2) is 4.11. The van der Waals surface area contributed by atoms with Crippen LogP contribution < -0.4 is 0 Å². The van der Waals surface area contributed by atoms with Gasteiger partial charge in [-0.15, -0.1) is 0 Å². The van der Waals surface area contributed by atoms with E-state index in [0.29, 0.717) is 10.8 Å². The van der Waals surface area contributed by atoms with Crippen molar-refractivity contribution in [1.29, 1.82) is 0 Å². The first-order valence-corrected chi connectivity index (χ1v) is 7.92. The third-order valence-corrected chi connectivity index (χ3v) is 5.75. The van der Waals surface area contributed by atoms with Crippen LogP contribution in [-0.4, -0.2) is 0 Å². The Morgan fingerprint density at radius 1 is 1.00 bits per heavy atom. The molecule has 0 spiro atoms. The minimum atomic E-state index is 0.328. The maximum absolute atomic E-state index is 2.48. The fraction of sp³-hybridized carbons (Fsp3) is 0.684. The topological polar surface area (TPSA) is 0 Å². The van der Waals surface area contributed by atoms with Gasteiger partial charge in [-0.2, -0.15) is 0 Å². The molecular weight excluding hydrogens is 228 g/mol. The Hall–Kier alpha value is -0.780. The second-order valence-corrected chi connectivity index (χ2v) is 8.11. The van der Waals surface area contributed by atoms with E-state index in [1.54, 1.807) is 27.9 Å². The number of rotatable bonds is 0. The Bertz CT molecular complexity index is 506. The summed E-state index contributed by atoms with van der Waals surface area (Å²) in [4.78, 5) is 0. The van der Waals surface area contributed by atoms with Crippen molar-refractivity contribution in [2.45, 2.75) is 73.1 Å². The molecule has 0 saturated carbocycles. The Morgan fingerprint density at radius 3 is 2.47 bits per heavy atom. The zero-order valence-electron chi connectivity index (χ0n) is 13.3. The number of allylic oxidation sites excluding steroid dienone is 6. The second-order valence-electron chi connectivity index (χ2n) is 8.11. The third-order valence-electron chi connectivity index (χ3n) is 5.75. The molecule has 0 aromatic carbocycles. The van der Waals surface area contributed by atoms with E-state index in [1.807, 2.05) is 0 Å². The summed E-state index contributed by atoms with van der Waals surface area (Å²) < 4.78 is 0.